The Morgan fingerprint density at radius 3 is 2.82 bits per heavy atom. The van der Waals surface area contributed by atoms with Crippen molar-refractivity contribution in [1.82, 2.24) is 20.2 Å². The number of hydrogen-bond donors (Lipinski definition) is 3. The lowest BCUT2D eigenvalue weighted by molar-refractivity contribution is -0.116. The van der Waals surface area contributed by atoms with E-state index in [1.54, 1.807) is 23.0 Å². The van der Waals surface area contributed by atoms with Gasteiger partial charge >= 0.3 is 0 Å². The number of para-hydroxylation sites is 1. The molecule has 3 N–H and O–H groups in total. The number of rotatable bonds is 6. The number of carbonyl (C=O) groups excluding carboxylic acids is 1. The lowest BCUT2D eigenvalue weighted by atomic mass is 9.90. The van der Waals surface area contributed by atoms with Crippen molar-refractivity contribution in [3.63, 3.8) is 0 Å². The number of aryl methyl sites for hydroxylation is 1. The zero-order valence-electron chi connectivity index (χ0n) is 18.6. The van der Waals surface area contributed by atoms with Crippen molar-refractivity contribution >= 4 is 41.5 Å². The van der Waals surface area contributed by atoms with Crippen LogP contribution in [0.3, 0.4) is 0 Å². The highest BCUT2D eigenvalue weighted by Crippen LogP contribution is 2.31. The molecular formula is C24H28FIN6O. The molecule has 0 saturated carbocycles. The number of aromatic nitrogens is 2. The molecule has 0 radical (unpaired) electrons. The summed E-state index contributed by atoms with van der Waals surface area (Å²) in [6, 6.07) is 13.0. The van der Waals surface area contributed by atoms with Crippen LogP contribution in [0.5, 0.6) is 0 Å². The fourth-order valence-corrected chi connectivity index (χ4v) is 3.89. The Morgan fingerprint density at radius 2 is 2.09 bits per heavy atom. The lowest BCUT2D eigenvalue weighted by Crippen LogP contribution is -2.40. The fourth-order valence-electron chi connectivity index (χ4n) is 3.89. The number of nitrogens with one attached hydrogen (secondary N) is 3. The molecule has 9 heteroatoms. The van der Waals surface area contributed by atoms with Gasteiger partial charge in [-0.15, -0.1) is 24.0 Å². The van der Waals surface area contributed by atoms with Crippen molar-refractivity contribution in [3.8, 4) is 5.69 Å². The summed E-state index contributed by atoms with van der Waals surface area (Å²) in [6.07, 6.45) is 3.81. The molecule has 1 amide bonds. The highest BCUT2D eigenvalue weighted by Gasteiger charge is 2.24. The maximum Gasteiger partial charge on any atom is 0.225 e. The third-order valence-electron chi connectivity index (χ3n) is 5.48. The van der Waals surface area contributed by atoms with E-state index in [-0.39, 0.29) is 41.6 Å². The first-order valence-electron chi connectivity index (χ1n) is 10.7. The van der Waals surface area contributed by atoms with E-state index in [1.807, 2.05) is 44.2 Å². The molecule has 2 heterocycles. The number of fused-ring (bicyclic) bond motifs is 1. The SMILES string of the molecule is CCNC(=NCc1ccc(-n2ccnc2C)c(F)c1)NCC1CC(=O)Nc2ccccc21.I. The Balaban J connectivity index is 0.00000306. The Hall–Kier alpha value is -2.95. The summed E-state index contributed by atoms with van der Waals surface area (Å²) in [4.78, 5) is 20.8. The average molecular weight is 562 g/mol. The van der Waals surface area contributed by atoms with Gasteiger partial charge in [0.25, 0.3) is 0 Å². The van der Waals surface area contributed by atoms with Gasteiger partial charge in [-0.3, -0.25) is 4.79 Å². The molecule has 7 nitrogen and oxygen atoms in total. The van der Waals surface area contributed by atoms with Crippen LogP contribution in [-0.4, -0.2) is 34.5 Å². The molecule has 1 atom stereocenters. The first-order chi connectivity index (χ1) is 15.5. The number of anilines is 1. The van der Waals surface area contributed by atoms with Crippen LogP contribution in [0.25, 0.3) is 5.69 Å². The Kier molecular flexibility index (Phi) is 8.43. The monoisotopic (exact) mass is 562 g/mol. The zero-order valence-corrected chi connectivity index (χ0v) is 21.0. The summed E-state index contributed by atoms with van der Waals surface area (Å²) >= 11 is 0. The number of guanidine groups is 1. The number of hydrogen-bond acceptors (Lipinski definition) is 3. The molecule has 0 bridgehead atoms. The van der Waals surface area contributed by atoms with Crippen LogP contribution in [0.4, 0.5) is 10.1 Å². The second kappa shape index (κ2) is 11.3. The molecule has 1 aliphatic rings. The molecule has 2 aromatic carbocycles. The Bertz CT molecular complexity index is 1150. The summed E-state index contributed by atoms with van der Waals surface area (Å²) in [6.45, 7) is 5.42. The van der Waals surface area contributed by atoms with Gasteiger partial charge < -0.3 is 20.5 Å². The third kappa shape index (κ3) is 5.89. The van der Waals surface area contributed by atoms with Gasteiger partial charge in [0, 0.05) is 43.5 Å². The molecule has 1 unspecified atom stereocenters. The van der Waals surface area contributed by atoms with Gasteiger partial charge in [0.2, 0.25) is 5.91 Å². The Morgan fingerprint density at radius 1 is 1.27 bits per heavy atom. The standard InChI is InChI=1S/C24H27FN6O.HI/c1-3-26-24(29-15-18-13-23(32)30-21-7-5-4-6-19(18)21)28-14-17-8-9-22(20(25)12-17)31-11-10-27-16(31)2;/h4-12,18H,3,13-15H2,1-2H3,(H,30,32)(H2,26,28,29);1H. The summed E-state index contributed by atoms with van der Waals surface area (Å²) < 4.78 is 16.4. The molecule has 1 aliphatic heterocycles. The van der Waals surface area contributed by atoms with Crippen LogP contribution in [0, 0.1) is 12.7 Å². The minimum absolute atomic E-state index is 0. The summed E-state index contributed by atoms with van der Waals surface area (Å²) in [5.41, 5.74) is 3.21. The topological polar surface area (TPSA) is 83.3 Å². The van der Waals surface area contributed by atoms with Crippen LogP contribution in [0.15, 0.2) is 59.9 Å². The number of imidazole rings is 1. The van der Waals surface area contributed by atoms with Crippen molar-refractivity contribution in [2.24, 2.45) is 4.99 Å². The van der Waals surface area contributed by atoms with Crippen molar-refractivity contribution in [1.29, 1.82) is 0 Å². The largest absolute Gasteiger partial charge is 0.357 e. The molecular weight excluding hydrogens is 534 g/mol. The van der Waals surface area contributed by atoms with Crippen molar-refractivity contribution < 1.29 is 9.18 Å². The summed E-state index contributed by atoms with van der Waals surface area (Å²) in [5.74, 6) is 1.11. The second-order valence-electron chi connectivity index (χ2n) is 7.74. The molecule has 4 rings (SSSR count). The molecule has 0 fully saturated rings. The molecule has 1 aromatic heterocycles. The van der Waals surface area contributed by atoms with Crippen molar-refractivity contribution in [2.75, 3.05) is 18.4 Å². The highest BCUT2D eigenvalue weighted by atomic mass is 127. The first-order valence-corrected chi connectivity index (χ1v) is 10.7. The van der Waals surface area contributed by atoms with E-state index >= 15 is 0 Å². The van der Waals surface area contributed by atoms with E-state index in [1.165, 1.54) is 6.07 Å². The van der Waals surface area contributed by atoms with Crippen molar-refractivity contribution in [2.45, 2.75) is 32.7 Å². The van der Waals surface area contributed by atoms with Gasteiger partial charge in [-0.2, -0.15) is 0 Å². The van der Waals surface area contributed by atoms with Gasteiger partial charge in [0.05, 0.1) is 12.2 Å². The van der Waals surface area contributed by atoms with E-state index in [9.17, 15) is 9.18 Å². The van der Waals surface area contributed by atoms with E-state index in [2.05, 4.69) is 25.9 Å². The Labute approximate surface area is 209 Å². The number of carbonyl (C=O) groups is 1. The van der Waals surface area contributed by atoms with Crippen molar-refractivity contribution in [3.05, 3.63) is 77.6 Å². The van der Waals surface area contributed by atoms with E-state index < -0.39 is 0 Å². The smallest absolute Gasteiger partial charge is 0.225 e. The van der Waals surface area contributed by atoms with Gasteiger partial charge in [0.1, 0.15) is 11.6 Å². The fraction of sp³-hybridized carbons (Fsp3) is 0.292. The highest BCUT2D eigenvalue weighted by molar-refractivity contribution is 14.0. The molecule has 3 aromatic rings. The quantitative estimate of drug-likeness (QED) is 0.240. The second-order valence-corrected chi connectivity index (χ2v) is 7.74. The predicted molar refractivity (Wildman–Crippen MR) is 139 cm³/mol. The van der Waals surface area contributed by atoms with Gasteiger partial charge in [-0.1, -0.05) is 24.3 Å². The number of nitrogens with zero attached hydrogens (tertiary/aromatic N) is 3. The zero-order chi connectivity index (χ0) is 22.5. The maximum absolute atomic E-state index is 14.7. The van der Waals surface area contributed by atoms with Crippen LogP contribution < -0.4 is 16.0 Å². The minimum Gasteiger partial charge on any atom is -0.357 e. The van der Waals surface area contributed by atoms with Crippen LogP contribution in [0.2, 0.25) is 0 Å². The van der Waals surface area contributed by atoms with Crippen LogP contribution >= 0.6 is 24.0 Å². The van der Waals surface area contributed by atoms with E-state index in [0.717, 1.165) is 22.6 Å². The van der Waals surface area contributed by atoms with Gasteiger partial charge in [-0.05, 0) is 43.2 Å². The normalized spacial score (nSPS) is 15.3. The molecule has 0 aliphatic carbocycles. The molecule has 174 valence electrons. The summed E-state index contributed by atoms with van der Waals surface area (Å²) in [7, 11) is 0. The molecule has 0 spiro atoms. The van der Waals surface area contributed by atoms with Gasteiger partial charge in [0.15, 0.2) is 5.96 Å². The minimum atomic E-state index is -0.318. The molecule has 0 saturated heterocycles. The summed E-state index contributed by atoms with van der Waals surface area (Å²) in [5, 5.41) is 9.47. The van der Waals surface area contributed by atoms with Crippen LogP contribution in [0.1, 0.15) is 36.2 Å². The van der Waals surface area contributed by atoms with E-state index in [4.69, 9.17) is 0 Å². The number of benzene rings is 2. The van der Waals surface area contributed by atoms with E-state index in [0.29, 0.717) is 37.7 Å². The first kappa shape index (κ1) is 24.7. The predicted octanol–water partition coefficient (Wildman–Crippen LogP) is 4.12. The van der Waals surface area contributed by atoms with Crippen LogP contribution in [-0.2, 0) is 11.3 Å². The third-order valence-corrected chi connectivity index (χ3v) is 5.48. The van der Waals surface area contributed by atoms with Gasteiger partial charge in [-0.25, -0.2) is 14.4 Å². The number of amides is 1. The number of aliphatic imine (C=N–C) groups is 1. The molecule has 33 heavy (non-hydrogen) atoms. The maximum atomic E-state index is 14.7. The average Bonchev–Trinajstić information content (AvgIpc) is 3.21. The lowest BCUT2D eigenvalue weighted by Gasteiger charge is -2.26. The number of halogens is 2.